The van der Waals surface area contributed by atoms with Crippen molar-refractivity contribution in [2.45, 2.75) is 20.3 Å². The minimum atomic E-state index is -0.407. The van der Waals surface area contributed by atoms with Crippen molar-refractivity contribution in [2.24, 2.45) is 5.92 Å². The van der Waals surface area contributed by atoms with E-state index in [0.29, 0.717) is 17.6 Å². The molecule has 0 fully saturated rings. The number of allylic oxidation sites excluding steroid dienone is 2. The first-order valence-corrected chi connectivity index (χ1v) is 7.71. The van der Waals surface area contributed by atoms with Crippen LogP contribution in [0.3, 0.4) is 0 Å². The van der Waals surface area contributed by atoms with Crippen molar-refractivity contribution in [3.8, 4) is 0 Å². The Morgan fingerprint density at radius 3 is 1.90 bits per heavy atom. The number of esters is 2. The molecule has 0 saturated heterocycles. The van der Waals surface area contributed by atoms with E-state index in [0.717, 1.165) is 17.1 Å². The summed E-state index contributed by atoms with van der Waals surface area (Å²) >= 11 is 1.67. The van der Waals surface area contributed by atoms with Crippen molar-refractivity contribution < 1.29 is 19.1 Å². The lowest BCUT2D eigenvalue weighted by Crippen LogP contribution is -2.33. The van der Waals surface area contributed by atoms with Gasteiger partial charge in [0.1, 0.15) is 0 Å². The number of hydrogen-bond donors (Lipinski definition) is 1. The van der Waals surface area contributed by atoms with E-state index in [4.69, 9.17) is 9.47 Å². The number of rotatable bonds is 5. The largest absolute Gasteiger partial charge is 0.466 e. The molecule has 1 rings (SSSR count). The Labute approximate surface area is 123 Å². The molecule has 1 N–H and O–H groups in total. The summed E-state index contributed by atoms with van der Waals surface area (Å²) in [6.07, 6.45) is 2.68. The number of nitrogens with one attached hydrogen (secondary N) is 1. The van der Waals surface area contributed by atoms with E-state index in [1.165, 1.54) is 14.2 Å². The van der Waals surface area contributed by atoms with Crippen LogP contribution in [0.4, 0.5) is 0 Å². The van der Waals surface area contributed by atoms with Gasteiger partial charge in [0.2, 0.25) is 0 Å². The van der Waals surface area contributed by atoms with Gasteiger partial charge >= 0.3 is 11.9 Å². The van der Waals surface area contributed by atoms with E-state index >= 15 is 0 Å². The molecule has 20 heavy (non-hydrogen) atoms. The lowest BCUT2D eigenvalue weighted by molar-refractivity contribution is -0.137. The zero-order valence-corrected chi connectivity index (χ0v) is 13.3. The summed E-state index contributed by atoms with van der Waals surface area (Å²) in [5, 5.41) is 3.07. The number of hydrogen-bond acceptors (Lipinski definition) is 6. The monoisotopic (exact) mass is 299 g/mol. The molecular weight excluding hydrogens is 278 g/mol. The molecular formula is C14H21NO4S. The second-order valence-electron chi connectivity index (χ2n) is 4.52. The third-order valence-corrected chi connectivity index (χ3v) is 3.95. The fourth-order valence-electron chi connectivity index (χ4n) is 2.42. The number of dihydropyridines is 1. The summed E-state index contributed by atoms with van der Waals surface area (Å²) < 4.78 is 9.70. The van der Waals surface area contributed by atoms with Crippen LogP contribution in [0.1, 0.15) is 20.3 Å². The van der Waals surface area contributed by atoms with E-state index < -0.39 is 11.9 Å². The zero-order chi connectivity index (χ0) is 15.3. The quantitative estimate of drug-likeness (QED) is 0.782. The van der Waals surface area contributed by atoms with Gasteiger partial charge in [-0.2, -0.15) is 11.8 Å². The van der Waals surface area contributed by atoms with Crippen molar-refractivity contribution in [3.63, 3.8) is 0 Å². The third kappa shape index (κ3) is 3.36. The van der Waals surface area contributed by atoms with Gasteiger partial charge in [-0.1, -0.05) is 0 Å². The molecule has 0 radical (unpaired) electrons. The van der Waals surface area contributed by atoms with Crippen molar-refractivity contribution in [3.05, 3.63) is 22.5 Å². The van der Waals surface area contributed by atoms with E-state index in [1.54, 1.807) is 11.8 Å². The molecule has 112 valence electrons. The van der Waals surface area contributed by atoms with Gasteiger partial charge in [0.05, 0.1) is 25.4 Å². The second kappa shape index (κ2) is 7.38. The number of carbonyl (C=O) groups excluding carboxylic acids is 2. The van der Waals surface area contributed by atoms with Crippen LogP contribution in [0.25, 0.3) is 0 Å². The van der Waals surface area contributed by atoms with Crippen molar-refractivity contribution in [1.82, 2.24) is 5.32 Å². The van der Waals surface area contributed by atoms with Gasteiger partial charge in [-0.15, -0.1) is 0 Å². The molecule has 0 aromatic carbocycles. The van der Waals surface area contributed by atoms with Gasteiger partial charge in [-0.25, -0.2) is 9.59 Å². The average Bonchev–Trinajstić information content (AvgIpc) is 2.43. The van der Waals surface area contributed by atoms with Crippen LogP contribution in [-0.2, 0) is 19.1 Å². The van der Waals surface area contributed by atoms with Crippen LogP contribution in [0, 0.1) is 5.92 Å². The maximum atomic E-state index is 12.0. The van der Waals surface area contributed by atoms with Crippen molar-refractivity contribution in [2.75, 3.05) is 26.2 Å². The number of methoxy groups -OCH3 is 2. The van der Waals surface area contributed by atoms with Gasteiger partial charge in [0, 0.05) is 17.3 Å². The third-order valence-electron chi connectivity index (χ3n) is 3.30. The second-order valence-corrected chi connectivity index (χ2v) is 5.51. The smallest absolute Gasteiger partial charge is 0.336 e. The van der Waals surface area contributed by atoms with Crippen LogP contribution in [0.2, 0.25) is 0 Å². The first-order valence-electron chi connectivity index (χ1n) is 6.32. The lowest BCUT2D eigenvalue weighted by atomic mass is 9.83. The van der Waals surface area contributed by atoms with Crippen LogP contribution in [0.5, 0.6) is 0 Å². The SMILES string of the molecule is COC(=O)C1=C(C)NC(C)=C(C(=O)OC)C1CCSC. The highest BCUT2D eigenvalue weighted by Gasteiger charge is 2.35. The topological polar surface area (TPSA) is 64.6 Å². The summed E-state index contributed by atoms with van der Waals surface area (Å²) in [5.74, 6) is -0.264. The lowest BCUT2D eigenvalue weighted by Gasteiger charge is -2.29. The minimum absolute atomic E-state index is 0.288. The highest BCUT2D eigenvalue weighted by Crippen LogP contribution is 2.34. The molecule has 0 unspecified atom stereocenters. The molecule has 0 atom stereocenters. The highest BCUT2D eigenvalue weighted by molar-refractivity contribution is 7.98. The van der Waals surface area contributed by atoms with Crippen LogP contribution < -0.4 is 5.32 Å². The summed E-state index contributed by atoms with van der Waals surface area (Å²) in [7, 11) is 2.69. The van der Waals surface area contributed by atoms with Crippen molar-refractivity contribution >= 4 is 23.7 Å². The molecule has 0 amide bonds. The van der Waals surface area contributed by atoms with E-state index in [-0.39, 0.29) is 5.92 Å². The molecule has 0 bridgehead atoms. The fraction of sp³-hybridized carbons (Fsp3) is 0.571. The number of carbonyl (C=O) groups is 2. The van der Waals surface area contributed by atoms with Gasteiger partial charge in [0.25, 0.3) is 0 Å². The van der Waals surface area contributed by atoms with Gasteiger partial charge < -0.3 is 14.8 Å². The Kier molecular flexibility index (Phi) is 6.13. The van der Waals surface area contributed by atoms with Crippen LogP contribution in [-0.4, -0.2) is 38.2 Å². The molecule has 1 aliphatic heterocycles. The first kappa shape index (κ1) is 16.6. The predicted molar refractivity (Wildman–Crippen MR) is 79.1 cm³/mol. The fourth-order valence-corrected chi connectivity index (χ4v) is 2.89. The molecule has 0 aromatic rings. The summed E-state index contributed by atoms with van der Waals surface area (Å²) in [4.78, 5) is 24.0. The molecule has 1 aliphatic rings. The normalized spacial score (nSPS) is 16.1. The number of thioether (sulfide) groups is 1. The Morgan fingerprint density at radius 2 is 1.55 bits per heavy atom. The molecule has 5 nitrogen and oxygen atoms in total. The standard InChI is InChI=1S/C14H21NO4S/c1-8-11(13(16)18-3)10(6-7-20-5)12(9(2)15-8)14(17)19-4/h10,15H,6-7H2,1-5H3. The van der Waals surface area contributed by atoms with Gasteiger partial charge in [-0.05, 0) is 32.3 Å². The predicted octanol–water partition coefficient (Wildman–Crippen LogP) is 1.85. The van der Waals surface area contributed by atoms with Gasteiger partial charge in [0.15, 0.2) is 0 Å². The highest BCUT2D eigenvalue weighted by atomic mass is 32.2. The molecule has 0 spiro atoms. The molecule has 0 aliphatic carbocycles. The molecule has 0 aromatic heterocycles. The van der Waals surface area contributed by atoms with Gasteiger partial charge in [-0.3, -0.25) is 0 Å². The summed E-state index contributed by atoms with van der Waals surface area (Å²) in [5.41, 5.74) is 2.47. The Bertz CT molecular complexity index is 430. The van der Waals surface area contributed by atoms with Crippen LogP contribution >= 0.6 is 11.8 Å². The van der Waals surface area contributed by atoms with E-state index in [9.17, 15) is 9.59 Å². The maximum Gasteiger partial charge on any atom is 0.336 e. The van der Waals surface area contributed by atoms with Crippen LogP contribution in [0.15, 0.2) is 22.5 Å². The Morgan fingerprint density at radius 1 is 1.10 bits per heavy atom. The van der Waals surface area contributed by atoms with E-state index in [1.807, 2.05) is 20.1 Å². The minimum Gasteiger partial charge on any atom is -0.466 e. The zero-order valence-electron chi connectivity index (χ0n) is 12.5. The Balaban J connectivity index is 3.25. The number of ether oxygens (including phenoxy) is 2. The van der Waals surface area contributed by atoms with E-state index in [2.05, 4.69) is 5.32 Å². The average molecular weight is 299 g/mol. The molecule has 0 saturated carbocycles. The van der Waals surface area contributed by atoms with Crippen molar-refractivity contribution in [1.29, 1.82) is 0 Å². The summed E-state index contributed by atoms with van der Waals surface area (Å²) in [6, 6.07) is 0. The molecule has 6 heteroatoms. The summed E-state index contributed by atoms with van der Waals surface area (Å²) in [6.45, 7) is 3.63. The first-order chi connectivity index (χ1) is 9.47. The Hall–Kier alpha value is -1.43. The maximum absolute atomic E-state index is 12.0. The molecule has 1 heterocycles.